The van der Waals surface area contributed by atoms with E-state index >= 15 is 0 Å². The molecule has 0 aliphatic rings. The number of urea groups is 1. The summed E-state index contributed by atoms with van der Waals surface area (Å²) in [6.07, 6.45) is -0.293. The summed E-state index contributed by atoms with van der Waals surface area (Å²) in [7, 11) is 0. The van der Waals surface area contributed by atoms with Gasteiger partial charge in [-0.05, 0) is 20.8 Å². The van der Waals surface area contributed by atoms with E-state index in [0.29, 0.717) is 11.5 Å². The first-order valence-electron chi connectivity index (χ1n) is 5.94. The van der Waals surface area contributed by atoms with Crippen LogP contribution in [0.1, 0.15) is 31.7 Å². The lowest BCUT2D eigenvalue weighted by Gasteiger charge is -2.17. The molecule has 0 bridgehead atoms. The second kappa shape index (κ2) is 6.18. The first kappa shape index (κ1) is 15.7. The van der Waals surface area contributed by atoms with E-state index in [2.05, 4.69) is 15.8 Å². The van der Waals surface area contributed by atoms with Crippen LogP contribution in [0.4, 0.5) is 4.79 Å². The van der Waals surface area contributed by atoms with Gasteiger partial charge in [0.25, 0.3) is 0 Å². The van der Waals surface area contributed by atoms with Crippen LogP contribution in [0.15, 0.2) is 10.6 Å². The fourth-order valence-corrected chi connectivity index (χ4v) is 1.36. The molecular weight excluding hydrogens is 266 g/mol. The molecule has 0 unspecified atom stereocenters. The first-order valence-corrected chi connectivity index (χ1v) is 5.94. The van der Waals surface area contributed by atoms with Gasteiger partial charge in [-0.15, -0.1) is 0 Å². The molecule has 0 atom stereocenters. The molecule has 1 rings (SSSR count). The maximum atomic E-state index is 11.5. The maximum absolute atomic E-state index is 11.5. The Bertz CT molecular complexity index is 521. The van der Waals surface area contributed by atoms with Crippen molar-refractivity contribution in [2.75, 3.05) is 0 Å². The van der Waals surface area contributed by atoms with E-state index < -0.39 is 23.3 Å². The fourth-order valence-electron chi connectivity index (χ4n) is 1.36. The summed E-state index contributed by atoms with van der Waals surface area (Å²) in [6, 6.07) is 0.937. The molecule has 1 heterocycles. The number of hydrogen-bond acceptors (Lipinski definition) is 5. The summed E-state index contributed by atoms with van der Waals surface area (Å²) in [5, 5.41) is 17.0. The Kier molecular flexibility index (Phi) is 4.84. The van der Waals surface area contributed by atoms with Gasteiger partial charge in [0.05, 0.1) is 12.0 Å². The topological polar surface area (TPSA) is 122 Å². The monoisotopic (exact) mass is 283 g/mol. The van der Waals surface area contributed by atoms with Crippen LogP contribution >= 0.6 is 0 Å². The molecule has 1 aromatic rings. The smallest absolute Gasteiger partial charge is 0.321 e. The number of carbonyl (C=O) groups is 3. The normalized spacial score (nSPS) is 10.9. The van der Waals surface area contributed by atoms with Crippen molar-refractivity contribution in [1.29, 1.82) is 0 Å². The Hall–Kier alpha value is -2.38. The molecule has 20 heavy (non-hydrogen) atoms. The minimum atomic E-state index is -1.23. The first-order chi connectivity index (χ1) is 9.20. The Morgan fingerprint density at radius 3 is 2.55 bits per heavy atom. The van der Waals surface area contributed by atoms with Gasteiger partial charge in [0, 0.05) is 12.5 Å². The van der Waals surface area contributed by atoms with Crippen LogP contribution in [0.5, 0.6) is 0 Å². The molecular formula is C12H17N3O5. The molecule has 0 radical (unpaired) electrons. The summed E-state index contributed by atoms with van der Waals surface area (Å²) >= 11 is 0. The van der Waals surface area contributed by atoms with E-state index in [1.54, 1.807) is 13.0 Å². The van der Waals surface area contributed by atoms with E-state index in [1.165, 1.54) is 13.8 Å². The highest BCUT2D eigenvalue weighted by molar-refractivity contribution is 5.96. The molecule has 0 aliphatic heterocycles. The predicted molar refractivity (Wildman–Crippen MR) is 67.7 cm³/mol. The molecule has 0 aliphatic carbocycles. The summed E-state index contributed by atoms with van der Waals surface area (Å²) in [5.74, 6) is -1.15. The second-order valence-corrected chi connectivity index (χ2v) is 5.03. The van der Waals surface area contributed by atoms with Crippen LogP contribution in [-0.4, -0.2) is 28.2 Å². The molecule has 3 amide bonds. The molecule has 0 aromatic carbocycles. The zero-order valence-corrected chi connectivity index (χ0v) is 11.5. The van der Waals surface area contributed by atoms with E-state index in [0.717, 1.165) is 0 Å². The van der Waals surface area contributed by atoms with E-state index in [1.807, 2.05) is 0 Å². The number of nitrogens with zero attached hydrogens (tertiary/aromatic N) is 1. The standard InChI is InChI=1S/C12H17N3O5/c1-7-4-8(15-20-7)6-13-11(19)14-9(16)5-12(2,3)10(17)18/h4H,5-6H2,1-3H3,(H,17,18)(H2,13,14,16,19). The zero-order valence-electron chi connectivity index (χ0n) is 11.5. The third-order valence-electron chi connectivity index (χ3n) is 2.54. The number of carboxylic acids is 1. The van der Waals surface area contributed by atoms with Gasteiger partial charge in [0.2, 0.25) is 5.91 Å². The van der Waals surface area contributed by atoms with Crippen LogP contribution in [0, 0.1) is 12.3 Å². The minimum Gasteiger partial charge on any atom is -0.481 e. The Morgan fingerprint density at radius 1 is 1.40 bits per heavy atom. The molecule has 0 saturated carbocycles. The van der Waals surface area contributed by atoms with E-state index in [-0.39, 0.29) is 13.0 Å². The van der Waals surface area contributed by atoms with Gasteiger partial charge in [-0.3, -0.25) is 14.9 Å². The average molecular weight is 283 g/mol. The van der Waals surface area contributed by atoms with Gasteiger partial charge in [-0.25, -0.2) is 4.79 Å². The van der Waals surface area contributed by atoms with Gasteiger partial charge >= 0.3 is 12.0 Å². The summed E-state index contributed by atoms with van der Waals surface area (Å²) in [6.45, 7) is 4.64. The number of nitrogens with one attached hydrogen (secondary N) is 2. The highest BCUT2D eigenvalue weighted by atomic mass is 16.5. The van der Waals surface area contributed by atoms with Crippen LogP contribution in [-0.2, 0) is 16.1 Å². The summed E-state index contributed by atoms with van der Waals surface area (Å²) < 4.78 is 4.82. The maximum Gasteiger partial charge on any atom is 0.321 e. The third kappa shape index (κ3) is 4.71. The number of aromatic nitrogens is 1. The Balaban J connectivity index is 2.39. The lowest BCUT2D eigenvalue weighted by molar-refractivity contribution is -0.149. The molecule has 1 aromatic heterocycles. The van der Waals surface area contributed by atoms with Crippen LogP contribution in [0.2, 0.25) is 0 Å². The van der Waals surface area contributed by atoms with Crippen molar-refractivity contribution in [1.82, 2.24) is 15.8 Å². The minimum absolute atomic E-state index is 0.110. The number of carbonyl (C=O) groups excluding carboxylic acids is 2. The molecule has 0 fully saturated rings. The quantitative estimate of drug-likeness (QED) is 0.735. The lowest BCUT2D eigenvalue weighted by atomic mass is 9.89. The SMILES string of the molecule is Cc1cc(CNC(=O)NC(=O)CC(C)(C)C(=O)O)no1. The summed E-state index contributed by atoms with van der Waals surface area (Å²) in [4.78, 5) is 33.8. The fraction of sp³-hybridized carbons (Fsp3) is 0.500. The van der Waals surface area contributed by atoms with Gasteiger partial charge in [0.15, 0.2) is 0 Å². The average Bonchev–Trinajstić information content (AvgIpc) is 2.71. The lowest BCUT2D eigenvalue weighted by Crippen LogP contribution is -2.41. The van der Waals surface area contributed by atoms with Gasteiger partial charge in [-0.1, -0.05) is 5.16 Å². The van der Waals surface area contributed by atoms with Crippen molar-refractivity contribution in [3.63, 3.8) is 0 Å². The van der Waals surface area contributed by atoms with Gasteiger partial charge in [-0.2, -0.15) is 0 Å². The summed E-state index contributed by atoms with van der Waals surface area (Å²) in [5.41, 5.74) is -0.705. The number of aliphatic carboxylic acids is 1. The van der Waals surface area contributed by atoms with Gasteiger partial charge < -0.3 is 14.9 Å². The van der Waals surface area contributed by atoms with Crippen molar-refractivity contribution >= 4 is 17.9 Å². The number of carboxylic acid groups (broad SMARTS) is 1. The Morgan fingerprint density at radius 2 is 2.05 bits per heavy atom. The number of aryl methyl sites for hydroxylation is 1. The predicted octanol–water partition coefficient (Wildman–Crippen LogP) is 0.810. The van der Waals surface area contributed by atoms with Crippen molar-refractivity contribution in [2.24, 2.45) is 5.41 Å². The third-order valence-corrected chi connectivity index (χ3v) is 2.54. The molecule has 8 heteroatoms. The largest absolute Gasteiger partial charge is 0.481 e. The number of hydrogen-bond donors (Lipinski definition) is 3. The van der Waals surface area contributed by atoms with Crippen molar-refractivity contribution in [3.05, 3.63) is 17.5 Å². The molecule has 3 N–H and O–H groups in total. The molecule has 110 valence electrons. The molecule has 0 saturated heterocycles. The molecule has 8 nitrogen and oxygen atoms in total. The van der Waals surface area contributed by atoms with Crippen molar-refractivity contribution in [2.45, 2.75) is 33.7 Å². The molecule has 0 spiro atoms. The van der Waals surface area contributed by atoms with Crippen LogP contribution in [0.25, 0.3) is 0 Å². The van der Waals surface area contributed by atoms with Crippen LogP contribution < -0.4 is 10.6 Å². The number of amides is 3. The number of imide groups is 1. The second-order valence-electron chi connectivity index (χ2n) is 5.03. The Labute approximate surface area is 115 Å². The van der Waals surface area contributed by atoms with Crippen LogP contribution in [0.3, 0.4) is 0 Å². The van der Waals surface area contributed by atoms with Gasteiger partial charge in [0.1, 0.15) is 11.5 Å². The van der Waals surface area contributed by atoms with E-state index in [9.17, 15) is 14.4 Å². The van der Waals surface area contributed by atoms with Crippen molar-refractivity contribution < 1.29 is 24.0 Å². The highest BCUT2D eigenvalue weighted by Crippen LogP contribution is 2.19. The van der Waals surface area contributed by atoms with E-state index in [4.69, 9.17) is 9.63 Å². The van der Waals surface area contributed by atoms with Crippen molar-refractivity contribution in [3.8, 4) is 0 Å². The number of rotatable bonds is 5. The zero-order chi connectivity index (χ0) is 15.3. The highest BCUT2D eigenvalue weighted by Gasteiger charge is 2.30.